The molecule has 0 unspecified atom stereocenters. The monoisotopic (exact) mass is 445 g/mol. The highest BCUT2D eigenvalue weighted by Gasteiger charge is 2.23. The fourth-order valence-electron chi connectivity index (χ4n) is 3.36. The lowest BCUT2D eigenvalue weighted by Crippen LogP contribution is -2.46. The van der Waals surface area contributed by atoms with Crippen LogP contribution in [0.1, 0.15) is 29.2 Å². The van der Waals surface area contributed by atoms with E-state index in [1.165, 1.54) is 0 Å². The molecule has 0 bridgehead atoms. The normalized spacial score (nSPS) is 12.2. The fraction of sp³-hybridized carbons (Fsp3) is 0.192. The molecular weight excluding hydrogens is 418 g/mol. The van der Waals surface area contributed by atoms with Crippen LogP contribution in [0.3, 0.4) is 0 Å². The first-order valence-electron chi connectivity index (χ1n) is 10.7. The second-order valence-electron chi connectivity index (χ2n) is 7.59. The van der Waals surface area contributed by atoms with Gasteiger partial charge in [0.05, 0.1) is 12.5 Å². The fourth-order valence-corrected chi connectivity index (χ4v) is 3.36. The number of carbonyl (C=O) groups excluding carboxylic acids is 3. The third-order valence-electron chi connectivity index (χ3n) is 5.06. The van der Waals surface area contributed by atoms with Gasteiger partial charge in [-0.15, -0.1) is 0 Å². The molecule has 0 saturated carbocycles. The molecule has 3 rings (SSSR count). The summed E-state index contributed by atoms with van der Waals surface area (Å²) in [6, 6.07) is 26.2. The highest BCUT2D eigenvalue weighted by molar-refractivity contribution is 5.87. The zero-order valence-corrected chi connectivity index (χ0v) is 18.1. The van der Waals surface area contributed by atoms with Crippen molar-refractivity contribution in [3.63, 3.8) is 0 Å². The van der Waals surface area contributed by atoms with E-state index in [1.807, 2.05) is 91.0 Å². The minimum Gasteiger partial charge on any atom is -0.445 e. The van der Waals surface area contributed by atoms with E-state index in [-0.39, 0.29) is 19.4 Å². The first-order chi connectivity index (χ1) is 16.0. The summed E-state index contributed by atoms with van der Waals surface area (Å²) in [5.41, 5.74) is 7.98. The molecule has 0 saturated heterocycles. The molecule has 0 aromatic heterocycles. The Morgan fingerprint density at radius 3 is 1.88 bits per heavy atom. The van der Waals surface area contributed by atoms with E-state index in [1.54, 1.807) is 0 Å². The smallest absolute Gasteiger partial charge is 0.407 e. The van der Waals surface area contributed by atoms with Gasteiger partial charge in [-0.3, -0.25) is 9.59 Å². The van der Waals surface area contributed by atoms with Crippen molar-refractivity contribution in [3.05, 3.63) is 108 Å². The minimum absolute atomic E-state index is 0.0803. The summed E-state index contributed by atoms with van der Waals surface area (Å²) in [6.45, 7) is 0.112. The Labute approximate surface area is 193 Å². The van der Waals surface area contributed by atoms with Gasteiger partial charge >= 0.3 is 6.09 Å². The van der Waals surface area contributed by atoms with Crippen molar-refractivity contribution in [3.8, 4) is 0 Å². The van der Waals surface area contributed by atoms with Crippen molar-refractivity contribution in [2.75, 3.05) is 0 Å². The maximum Gasteiger partial charge on any atom is 0.407 e. The average Bonchev–Trinajstić information content (AvgIpc) is 2.84. The van der Waals surface area contributed by atoms with E-state index in [0.717, 1.165) is 16.7 Å². The number of hydrogen-bond acceptors (Lipinski definition) is 4. The number of ether oxygens (including phenoxy) is 1. The van der Waals surface area contributed by atoms with Crippen LogP contribution in [0.25, 0.3) is 0 Å². The predicted octanol–water partition coefficient (Wildman–Crippen LogP) is 3.26. The van der Waals surface area contributed by atoms with Gasteiger partial charge in [0.25, 0.3) is 0 Å². The molecule has 33 heavy (non-hydrogen) atoms. The molecular formula is C26H27N3O4. The van der Waals surface area contributed by atoms with Gasteiger partial charge in [-0.05, 0) is 16.7 Å². The Morgan fingerprint density at radius 2 is 1.30 bits per heavy atom. The van der Waals surface area contributed by atoms with Gasteiger partial charge < -0.3 is 21.1 Å². The summed E-state index contributed by atoms with van der Waals surface area (Å²) in [6.07, 6.45) is -0.440. The lowest BCUT2D eigenvalue weighted by molar-refractivity contribution is -0.127. The maximum atomic E-state index is 12.8. The standard InChI is InChI=1S/C26H27N3O4/c27-25(31)23(16-19-10-4-1-5-11-19)28-24(30)17-22(21-14-8-3-9-15-21)29-26(32)33-18-20-12-6-2-7-13-20/h1-15,22-23H,16-18H2,(H2,27,31)(H,28,30)(H,29,32)/t22-,23+/m1/s1. The van der Waals surface area contributed by atoms with Crippen molar-refractivity contribution >= 4 is 17.9 Å². The van der Waals surface area contributed by atoms with Crippen LogP contribution in [0.4, 0.5) is 4.79 Å². The van der Waals surface area contributed by atoms with Crippen LogP contribution >= 0.6 is 0 Å². The summed E-state index contributed by atoms with van der Waals surface area (Å²) in [7, 11) is 0. The molecule has 7 heteroatoms. The van der Waals surface area contributed by atoms with Crippen molar-refractivity contribution in [2.24, 2.45) is 5.73 Å². The van der Waals surface area contributed by atoms with E-state index in [2.05, 4.69) is 10.6 Å². The number of rotatable bonds is 10. The van der Waals surface area contributed by atoms with Crippen molar-refractivity contribution in [1.82, 2.24) is 10.6 Å². The van der Waals surface area contributed by atoms with Gasteiger partial charge in [0, 0.05) is 6.42 Å². The third kappa shape index (κ3) is 7.81. The van der Waals surface area contributed by atoms with Crippen LogP contribution < -0.4 is 16.4 Å². The number of benzene rings is 3. The molecule has 3 aromatic rings. The first-order valence-corrected chi connectivity index (χ1v) is 10.7. The van der Waals surface area contributed by atoms with Crippen LogP contribution in [0.2, 0.25) is 0 Å². The number of nitrogens with one attached hydrogen (secondary N) is 2. The molecule has 0 heterocycles. The average molecular weight is 446 g/mol. The van der Waals surface area contributed by atoms with Gasteiger partial charge in [0.1, 0.15) is 12.6 Å². The maximum absolute atomic E-state index is 12.8. The molecule has 3 amide bonds. The number of alkyl carbamates (subject to hydrolysis) is 1. The molecule has 170 valence electrons. The summed E-state index contributed by atoms with van der Waals surface area (Å²) in [4.78, 5) is 37.1. The minimum atomic E-state index is -0.860. The summed E-state index contributed by atoms with van der Waals surface area (Å²) in [5, 5.41) is 5.44. The molecule has 0 fully saturated rings. The zero-order chi connectivity index (χ0) is 23.5. The third-order valence-corrected chi connectivity index (χ3v) is 5.06. The molecule has 0 aliphatic rings. The van der Waals surface area contributed by atoms with Gasteiger partial charge in [-0.25, -0.2) is 4.79 Å². The predicted molar refractivity (Wildman–Crippen MR) is 125 cm³/mol. The Hall–Kier alpha value is -4.13. The SMILES string of the molecule is NC(=O)[C@H](Cc1ccccc1)NC(=O)C[C@@H](NC(=O)OCc1ccccc1)c1ccccc1. The highest BCUT2D eigenvalue weighted by Crippen LogP contribution is 2.17. The van der Waals surface area contributed by atoms with E-state index in [0.29, 0.717) is 0 Å². The second-order valence-corrected chi connectivity index (χ2v) is 7.59. The number of carbonyl (C=O) groups is 3. The number of amides is 3. The van der Waals surface area contributed by atoms with E-state index < -0.39 is 30.0 Å². The summed E-state index contributed by atoms with van der Waals surface area (Å²) >= 11 is 0. The Bertz CT molecular complexity index is 1040. The van der Waals surface area contributed by atoms with E-state index in [9.17, 15) is 14.4 Å². The quantitative estimate of drug-likeness (QED) is 0.445. The Morgan fingerprint density at radius 1 is 0.758 bits per heavy atom. The molecule has 2 atom stereocenters. The number of hydrogen-bond donors (Lipinski definition) is 3. The van der Waals surface area contributed by atoms with E-state index in [4.69, 9.17) is 10.5 Å². The van der Waals surface area contributed by atoms with Gasteiger partial charge in [-0.1, -0.05) is 91.0 Å². The zero-order valence-electron chi connectivity index (χ0n) is 18.1. The second kappa shape index (κ2) is 12.0. The van der Waals surface area contributed by atoms with Crippen molar-refractivity contribution < 1.29 is 19.1 Å². The Balaban J connectivity index is 1.63. The molecule has 4 N–H and O–H groups in total. The molecule has 0 aliphatic carbocycles. The molecule has 0 spiro atoms. The lowest BCUT2D eigenvalue weighted by Gasteiger charge is -2.21. The van der Waals surface area contributed by atoms with E-state index >= 15 is 0 Å². The lowest BCUT2D eigenvalue weighted by atomic mass is 10.0. The van der Waals surface area contributed by atoms with Crippen LogP contribution in [-0.2, 0) is 27.4 Å². The molecule has 3 aromatic carbocycles. The summed E-state index contributed by atoms with van der Waals surface area (Å²) < 4.78 is 5.30. The number of primary amides is 1. The first kappa shape index (κ1) is 23.5. The number of nitrogens with two attached hydrogens (primary N) is 1. The van der Waals surface area contributed by atoms with Crippen LogP contribution in [-0.4, -0.2) is 23.9 Å². The van der Waals surface area contributed by atoms with Crippen LogP contribution in [0.5, 0.6) is 0 Å². The van der Waals surface area contributed by atoms with Gasteiger partial charge in [-0.2, -0.15) is 0 Å². The Kier molecular flexibility index (Phi) is 8.59. The van der Waals surface area contributed by atoms with Gasteiger partial charge in [0.15, 0.2) is 0 Å². The molecule has 0 aliphatic heterocycles. The van der Waals surface area contributed by atoms with Crippen LogP contribution in [0.15, 0.2) is 91.0 Å². The largest absolute Gasteiger partial charge is 0.445 e. The van der Waals surface area contributed by atoms with Crippen LogP contribution in [0, 0.1) is 0 Å². The summed E-state index contributed by atoms with van der Waals surface area (Å²) in [5.74, 6) is -1.04. The van der Waals surface area contributed by atoms with Gasteiger partial charge in [0.2, 0.25) is 11.8 Å². The van der Waals surface area contributed by atoms with Crippen molar-refractivity contribution in [2.45, 2.75) is 31.5 Å². The highest BCUT2D eigenvalue weighted by atomic mass is 16.5. The topological polar surface area (TPSA) is 111 Å². The molecule has 0 radical (unpaired) electrons. The molecule has 7 nitrogen and oxygen atoms in total. The van der Waals surface area contributed by atoms with Crippen molar-refractivity contribution in [1.29, 1.82) is 0 Å².